The molecular weight excluding hydrogens is 238 g/mol. The van der Waals surface area contributed by atoms with Crippen LogP contribution in [-0.2, 0) is 11.2 Å². The minimum Gasteiger partial charge on any atom is -0.481 e. The van der Waals surface area contributed by atoms with Crippen LogP contribution in [0, 0.1) is 0 Å². The van der Waals surface area contributed by atoms with Gasteiger partial charge in [0.1, 0.15) is 0 Å². The normalized spacial score (nSPS) is 10.2. The molecule has 0 aliphatic rings. The van der Waals surface area contributed by atoms with Crippen molar-refractivity contribution in [3.05, 3.63) is 53.3 Å². The van der Waals surface area contributed by atoms with Crippen LogP contribution in [0.5, 0.6) is 0 Å². The average molecular weight is 248 g/mol. The molecule has 17 heavy (non-hydrogen) atoms. The molecule has 0 amide bonds. The van der Waals surface area contributed by atoms with Gasteiger partial charge in [-0.1, -0.05) is 41.9 Å². The molecule has 0 spiro atoms. The van der Waals surface area contributed by atoms with Crippen LogP contribution >= 0.6 is 11.6 Å². The van der Waals surface area contributed by atoms with Crippen molar-refractivity contribution < 1.29 is 9.90 Å². The van der Waals surface area contributed by atoms with Crippen molar-refractivity contribution in [3.8, 4) is 11.1 Å². The topological polar surface area (TPSA) is 50.2 Å². The van der Waals surface area contributed by atoms with Gasteiger partial charge in [0.25, 0.3) is 0 Å². The molecule has 0 atom stereocenters. The van der Waals surface area contributed by atoms with Gasteiger partial charge in [0.05, 0.1) is 17.1 Å². The number of carbonyl (C=O) groups is 1. The summed E-state index contributed by atoms with van der Waals surface area (Å²) in [4.78, 5) is 14.9. The van der Waals surface area contributed by atoms with Crippen LogP contribution in [-0.4, -0.2) is 16.1 Å². The lowest BCUT2D eigenvalue weighted by molar-refractivity contribution is -0.136. The Hall–Kier alpha value is -1.87. The third-order valence-corrected chi connectivity index (χ3v) is 2.67. The van der Waals surface area contributed by atoms with E-state index < -0.39 is 5.97 Å². The number of rotatable bonds is 3. The van der Waals surface area contributed by atoms with Crippen LogP contribution in [0.4, 0.5) is 0 Å². The van der Waals surface area contributed by atoms with Crippen molar-refractivity contribution in [2.45, 2.75) is 6.42 Å². The Balaban J connectivity index is 2.55. The Morgan fingerprint density at radius 1 is 1.24 bits per heavy atom. The van der Waals surface area contributed by atoms with Gasteiger partial charge in [-0.15, -0.1) is 0 Å². The highest BCUT2D eigenvalue weighted by atomic mass is 35.5. The van der Waals surface area contributed by atoms with E-state index in [1.807, 2.05) is 30.3 Å². The average Bonchev–Trinajstić information content (AvgIpc) is 2.29. The van der Waals surface area contributed by atoms with Gasteiger partial charge in [0.15, 0.2) is 0 Å². The van der Waals surface area contributed by atoms with Gasteiger partial charge in [-0.3, -0.25) is 9.78 Å². The second-order valence-corrected chi connectivity index (χ2v) is 3.96. The lowest BCUT2D eigenvalue weighted by atomic mass is 10.0. The van der Waals surface area contributed by atoms with Crippen LogP contribution in [0.1, 0.15) is 5.69 Å². The van der Waals surface area contributed by atoms with Crippen LogP contribution in [0.2, 0.25) is 5.02 Å². The van der Waals surface area contributed by atoms with Crippen molar-refractivity contribution in [3.63, 3.8) is 0 Å². The number of carboxylic acids is 1. The van der Waals surface area contributed by atoms with E-state index in [0.29, 0.717) is 16.3 Å². The molecule has 0 bridgehead atoms. The number of benzene rings is 1. The number of pyridine rings is 1. The zero-order valence-corrected chi connectivity index (χ0v) is 9.69. The highest BCUT2D eigenvalue weighted by molar-refractivity contribution is 6.33. The van der Waals surface area contributed by atoms with Crippen LogP contribution in [0.3, 0.4) is 0 Å². The summed E-state index contributed by atoms with van der Waals surface area (Å²) < 4.78 is 0. The zero-order valence-electron chi connectivity index (χ0n) is 8.93. The van der Waals surface area contributed by atoms with E-state index in [4.69, 9.17) is 16.7 Å². The fourth-order valence-corrected chi connectivity index (χ4v) is 1.94. The van der Waals surface area contributed by atoms with Gasteiger partial charge in [0, 0.05) is 11.8 Å². The Morgan fingerprint density at radius 3 is 2.59 bits per heavy atom. The molecule has 0 radical (unpaired) electrons. The first-order valence-corrected chi connectivity index (χ1v) is 5.47. The molecular formula is C13H10ClNO2. The minimum atomic E-state index is -0.919. The molecule has 1 heterocycles. The highest BCUT2D eigenvalue weighted by Gasteiger charge is 2.13. The van der Waals surface area contributed by atoms with Crippen molar-refractivity contribution in [2.24, 2.45) is 0 Å². The van der Waals surface area contributed by atoms with Crippen LogP contribution in [0.15, 0.2) is 42.6 Å². The molecule has 4 heteroatoms. The maximum absolute atomic E-state index is 10.8. The maximum Gasteiger partial charge on any atom is 0.309 e. The monoisotopic (exact) mass is 247 g/mol. The second-order valence-electron chi connectivity index (χ2n) is 3.55. The summed E-state index contributed by atoms with van der Waals surface area (Å²) in [6, 6.07) is 11.1. The Bertz CT molecular complexity index is 540. The Morgan fingerprint density at radius 2 is 1.94 bits per heavy atom. The van der Waals surface area contributed by atoms with E-state index in [1.54, 1.807) is 6.07 Å². The molecule has 1 aromatic heterocycles. The Labute approximate surface area is 104 Å². The van der Waals surface area contributed by atoms with E-state index in [-0.39, 0.29) is 6.42 Å². The minimum absolute atomic E-state index is 0.134. The summed E-state index contributed by atoms with van der Waals surface area (Å²) in [7, 11) is 0. The molecule has 0 saturated heterocycles. The van der Waals surface area contributed by atoms with Gasteiger partial charge < -0.3 is 5.11 Å². The molecule has 0 saturated carbocycles. The number of hydrogen-bond acceptors (Lipinski definition) is 2. The number of aliphatic carboxylic acids is 1. The lowest BCUT2D eigenvalue weighted by Crippen LogP contribution is -2.04. The third kappa shape index (κ3) is 2.63. The van der Waals surface area contributed by atoms with Gasteiger partial charge in [0.2, 0.25) is 0 Å². The number of hydrogen-bond donors (Lipinski definition) is 1. The first-order chi connectivity index (χ1) is 8.18. The van der Waals surface area contributed by atoms with Gasteiger partial charge in [-0.05, 0) is 11.6 Å². The van der Waals surface area contributed by atoms with Gasteiger partial charge >= 0.3 is 5.97 Å². The summed E-state index contributed by atoms with van der Waals surface area (Å²) in [5.41, 5.74) is 2.05. The smallest absolute Gasteiger partial charge is 0.309 e. The number of nitrogens with zero attached hydrogens (tertiary/aromatic N) is 1. The summed E-state index contributed by atoms with van der Waals surface area (Å²) in [5, 5.41) is 9.36. The van der Waals surface area contributed by atoms with Crippen molar-refractivity contribution in [1.82, 2.24) is 4.98 Å². The standard InChI is InChI=1S/C13H10ClNO2/c14-10-6-7-15-11(8-12(16)17)13(10)9-4-2-1-3-5-9/h1-7H,8H2,(H,16,17). The highest BCUT2D eigenvalue weighted by Crippen LogP contribution is 2.30. The first kappa shape index (κ1) is 11.6. The van der Waals surface area contributed by atoms with Gasteiger partial charge in [-0.2, -0.15) is 0 Å². The number of halogens is 1. The predicted octanol–water partition coefficient (Wildman–Crippen LogP) is 3.03. The molecule has 2 aromatic rings. The van der Waals surface area contributed by atoms with E-state index in [2.05, 4.69) is 4.98 Å². The van der Waals surface area contributed by atoms with Crippen LogP contribution < -0.4 is 0 Å². The van der Waals surface area contributed by atoms with E-state index >= 15 is 0 Å². The summed E-state index contributed by atoms with van der Waals surface area (Å²) in [6.45, 7) is 0. The first-order valence-electron chi connectivity index (χ1n) is 5.09. The molecule has 2 rings (SSSR count). The fourth-order valence-electron chi connectivity index (χ4n) is 1.66. The Kier molecular flexibility index (Phi) is 3.40. The lowest BCUT2D eigenvalue weighted by Gasteiger charge is -2.08. The second kappa shape index (κ2) is 4.97. The molecule has 3 nitrogen and oxygen atoms in total. The van der Waals surface area contributed by atoms with E-state index in [1.165, 1.54) is 6.20 Å². The van der Waals surface area contributed by atoms with E-state index in [0.717, 1.165) is 5.56 Å². The summed E-state index contributed by atoms with van der Waals surface area (Å²) >= 11 is 6.11. The number of aromatic nitrogens is 1. The molecule has 1 N–H and O–H groups in total. The molecule has 0 aliphatic carbocycles. The SMILES string of the molecule is O=C(O)Cc1nccc(Cl)c1-c1ccccc1. The van der Waals surface area contributed by atoms with Gasteiger partial charge in [-0.25, -0.2) is 0 Å². The summed E-state index contributed by atoms with van der Waals surface area (Å²) in [5.74, 6) is -0.919. The largest absolute Gasteiger partial charge is 0.481 e. The molecule has 0 aliphatic heterocycles. The van der Waals surface area contributed by atoms with Crippen molar-refractivity contribution in [1.29, 1.82) is 0 Å². The summed E-state index contributed by atoms with van der Waals surface area (Å²) in [6.07, 6.45) is 1.39. The molecule has 0 fully saturated rings. The van der Waals surface area contributed by atoms with Crippen molar-refractivity contribution >= 4 is 17.6 Å². The van der Waals surface area contributed by atoms with Crippen LogP contribution in [0.25, 0.3) is 11.1 Å². The predicted molar refractivity (Wildman–Crippen MR) is 66.0 cm³/mol. The molecule has 0 unspecified atom stereocenters. The number of carboxylic acid groups (broad SMARTS) is 1. The molecule has 1 aromatic carbocycles. The fraction of sp³-hybridized carbons (Fsp3) is 0.0769. The quantitative estimate of drug-likeness (QED) is 0.907. The molecule has 86 valence electrons. The van der Waals surface area contributed by atoms with Crippen molar-refractivity contribution in [2.75, 3.05) is 0 Å². The third-order valence-electron chi connectivity index (χ3n) is 2.36. The maximum atomic E-state index is 10.8. The zero-order chi connectivity index (χ0) is 12.3. The van der Waals surface area contributed by atoms with E-state index in [9.17, 15) is 4.79 Å².